The molecular weight excluding hydrogens is 306 g/mol. The molecule has 4 nitrogen and oxygen atoms in total. The predicted molar refractivity (Wildman–Crippen MR) is 79.9 cm³/mol. The highest BCUT2D eigenvalue weighted by Crippen LogP contribution is 2.17. The summed E-state index contributed by atoms with van der Waals surface area (Å²) in [5, 5.41) is 2.89. The van der Waals surface area contributed by atoms with E-state index in [1.807, 2.05) is 26.1 Å². The quantitative estimate of drug-likeness (QED) is 0.854. The number of nitrogens with one attached hydrogen (secondary N) is 1. The van der Waals surface area contributed by atoms with Crippen LogP contribution >= 0.6 is 15.9 Å². The molecule has 0 fully saturated rings. The molecule has 2 rings (SSSR count). The molecule has 0 spiro atoms. The van der Waals surface area contributed by atoms with Crippen molar-refractivity contribution in [1.82, 2.24) is 9.88 Å². The van der Waals surface area contributed by atoms with E-state index in [2.05, 4.69) is 25.8 Å². The van der Waals surface area contributed by atoms with Gasteiger partial charge >= 0.3 is 0 Å². The molecule has 0 unspecified atom stereocenters. The van der Waals surface area contributed by atoms with Gasteiger partial charge in [-0.25, -0.2) is 0 Å². The van der Waals surface area contributed by atoms with Crippen LogP contribution in [-0.2, 0) is 13.6 Å². The number of nitrogens with zero attached hydrogens (tertiary/aromatic N) is 1. The molecule has 0 bridgehead atoms. The van der Waals surface area contributed by atoms with Gasteiger partial charge < -0.3 is 15.6 Å². The molecule has 0 saturated carbocycles. The van der Waals surface area contributed by atoms with Crippen molar-refractivity contribution in [2.45, 2.75) is 13.5 Å². The minimum atomic E-state index is -0.133. The number of nitrogens with two attached hydrogens (primary N) is 1. The SMILES string of the molecule is Cc1ccc(CNC(=O)c2cc(N)cc(Br)c2)n1C. The average Bonchev–Trinajstić information content (AvgIpc) is 2.66. The lowest BCUT2D eigenvalue weighted by Gasteiger charge is -2.08. The Morgan fingerprint density at radius 2 is 2.11 bits per heavy atom. The van der Waals surface area contributed by atoms with Gasteiger partial charge in [-0.3, -0.25) is 4.79 Å². The Hall–Kier alpha value is -1.75. The Kier molecular flexibility index (Phi) is 3.95. The van der Waals surface area contributed by atoms with Crippen LogP contribution in [0.3, 0.4) is 0 Å². The summed E-state index contributed by atoms with van der Waals surface area (Å²) in [6, 6.07) is 9.21. The monoisotopic (exact) mass is 321 g/mol. The molecule has 1 aromatic carbocycles. The first kappa shape index (κ1) is 13.7. The number of hydrogen-bond donors (Lipinski definition) is 2. The molecule has 5 heteroatoms. The van der Waals surface area contributed by atoms with E-state index in [1.54, 1.807) is 18.2 Å². The molecule has 0 radical (unpaired) electrons. The Bertz CT molecular complexity index is 599. The van der Waals surface area contributed by atoms with Crippen LogP contribution in [0, 0.1) is 6.92 Å². The van der Waals surface area contributed by atoms with Gasteiger partial charge in [0.05, 0.1) is 6.54 Å². The highest BCUT2D eigenvalue weighted by molar-refractivity contribution is 9.10. The number of anilines is 1. The van der Waals surface area contributed by atoms with Gasteiger partial charge in [0.25, 0.3) is 5.91 Å². The van der Waals surface area contributed by atoms with E-state index < -0.39 is 0 Å². The molecule has 0 atom stereocenters. The maximum atomic E-state index is 12.0. The zero-order valence-electron chi connectivity index (χ0n) is 10.9. The molecule has 1 heterocycles. The first-order valence-electron chi connectivity index (χ1n) is 5.93. The molecule has 0 aliphatic carbocycles. The van der Waals surface area contributed by atoms with Gasteiger partial charge in [-0.2, -0.15) is 0 Å². The summed E-state index contributed by atoms with van der Waals surface area (Å²) in [5.74, 6) is -0.133. The smallest absolute Gasteiger partial charge is 0.251 e. The highest BCUT2D eigenvalue weighted by atomic mass is 79.9. The van der Waals surface area contributed by atoms with E-state index in [4.69, 9.17) is 5.73 Å². The molecular formula is C14H16BrN3O. The molecule has 1 amide bonds. The highest BCUT2D eigenvalue weighted by Gasteiger charge is 2.08. The summed E-state index contributed by atoms with van der Waals surface area (Å²) < 4.78 is 2.85. The number of nitrogen functional groups attached to an aromatic ring is 1. The second kappa shape index (κ2) is 5.48. The number of halogens is 1. The minimum absolute atomic E-state index is 0.133. The Labute approximate surface area is 120 Å². The Morgan fingerprint density at radius 3 is 2.68 bits per heavy atom. The number of carbonyl (C=O) groups is 1. The third kappa shape index (κ3) is 3.17. The number of benzene rings is 1. The molecule has 0 aliphatic heterocycles. The lowest BCUT2D eigenvalue weighted by atomic mass is 10.2. The third-order valence-corrected chi connectivity index (χ3v) is 3.55. The number of aromatic nitrogens is 1. The van der Waals surface area contributed by atoms with Gasteiger partial charge in [0.15, 0.2) is 0 Å². The number of carbonyl (C=O) groups excluding carboxylic acids is 1. The van der Waals surface area contributed by atoms with Crippen molar-refractivity contribution in [3.05, 3.63) is 51.8 Å². The number of aryl methyl sites for hydroxylation is 1. The van der Waals surface area contributed by atoms with Gasteiger partial charge in [-0.05, 0) is 37.3 Å². The second-order valence-electron chi connectivity index (χ2n) is 4.48. The topological polar surface area (TPSA) is 60.1 Å². The van der Waals surface area contributed by atoms with Gasteiger partial charge in [0.1, 0.15) is 0 Å². The van der Waals surface area contributed by atoms with Crippen molar-refractivity contribution in [3.63, 3.8) is 0 Å². The fraction of sp³-hybridized carbons (Fsp3) is 0.214. The van der Waals surface area contributed by atoms with Crippen LogP contribution in [0.15, 0.2) is 34.8 Å². The average molecular weight is 322 g/mol. The molecule has 0 aliphatic rings. The van der Waals surface area contributed by atoms with Gasteiger partial charge in [-0.15, -0.1) is 0 Å². The van der Waals surface area contributed by atoms with Crippen LogP contribution in [0.1, 0.15) is 21.7 Å². The summed E-state index contributed by atoms with van der Waals surface area (Å²) in [6.07, 6.45) is 0. The molecule has 0 saturated heterocycles. The zero-order chi connectivity index (χ0) is 14.0. The lowest BCUT2D eigenvalue weighted by Crippen LogP contribution is -2.24. The van der Waals surface area contributed by atoms with E-state index in [1.165, 1.54) is 0 Å². The van der Waals surface area contributed by atoms with E-state index in [0.717, 1.165) is 15.9 Å². The van der Waals surface area contributed by atoms with Crippen LogP contribution in [0.25, 0.3) is 0 Å². The maximum absolute atomic E-state index is 12.0. The van der Waals surface area contributed by atoms with Crippen molar-refractivity contribution in [2.24, 2.45) is 7.05 Å². The Morgan fingerprint density at radius 1 is 1.37 bits per heavy atom. The predicted octanol–water partition coefficient (Wildman–Crippen LogP) is 2.61. The third-order valence-electron chi connectivity index (χ3n) is 3.09. The van der Waals surface area contributed by atoms with Crippen LogP contribution < -0.4 is 11.1 Å². The van der Waals surface area contributed by atoms with Gasteiger partial charge in [-0.1, -0.05) is 15.9 Å². The van der Waals surface area contributed by atoms with E-state index in [0.29, 0.717) is 17.8 Å². The fourth-order valence-corrected chi connectivity index (χ4v) is 2.37. The Balaban J connectivity index is 2.07. The first-order chi connectivity index (χ1) is 8.97. The van der Waals surface area contributed by atoms with Crippen molar-refractivity contribution in [1.29, 1.82) is 0 Å². The summed E-state index contributed by atoms with van der Waals surface area (Å²) >= 11 is 3.33. The van der Waals surface area contributed by atoms with Crippen molar-refractivity contribution < 1.29 is 4.79 Å². The number of rotatable bonds is 3. The summed E-state index contributed by atoms with van der Waals surface area (Å²) in [7, 11) is 1.98. The van der Waals surface area contributed by atoms with Crippen LogP contribution in [-0.4, -0.2) is 10.5 Å². The van der Waals surface area contributed by atoms with Crippen molar-refractivity contribution in [2.75, 3.05) is 5.73 Å². The normalized spacial score (nSPS) is 10.5. The van der Waals surface area contributed by atoms with E-state index in [-0.39, 0.29) is 5.91 Å². The molecule has 19 heavy (non-hydrogen) atoms. The zero-order valence-corrected chi connectivity index (χ0v) is 12.5. The molecule has 100 valence electrons. The standard InChI is InChI=1S/C14H16BrN3O/c1-9-3-4-13(18(9)2)8-17-14(19)10-5-11(15)7-12(16)6-10/h3-7H,8,16H2,1-2H3,(H,17,19). The summed E-state index contributed by atoms with van der Waals surface area (Å²) in [4.78, 5) is 12.0. The summed E-state index contributed by atoms with van der Waals surface area (Å²) in [6.45, 7) is 2.52. The van der Waals surface area contributed by atoms with E-state index >= 15 is 0 Å². The van der Waals surface area contributed by atoms with Crippen LogP contribution in [0.4, 0.5) is 5.69 Å². The fourth-order valence-electron chi connectivity index (χ4n) is 1.86. The van der Waals surface area contributed by atoms with Crippen molar-refractivity contribution in [3.8, 4) is 0 Å². The van der Waals surface area contributed by atoms with E-state index in [9.17, 15) is 4.79 Å². The maximum Gasteiger partial charge on any atom is 0.251 e. The van der Waals surface area contributed by atoms with Crippen LogP contribution in [0.5, 0.6) is 0 Å². The first-order valence-corrected chi connectivity index (χ1v) is 6.72. The largest absolute Gasteiger partial charge is 0.399 e. The van der Waals surface area contributed by atoms with Crippen LogP contribution in [0.2, 0.25) is 0 Å². The number of hydrogen-bond acceptors (Lipinski definition) is 2. The molecule has 2 aromatic rings. The van der Waals surface area contributed by atoms with Gasteiger partial charge in [0, 0.05) is 34.2 Å². The number of amides is 1. The summed E-state index contributed by atoms with van der Waals surface area (Å²) in [5.41, 5.74) is 9.06. The minimum Gasteiger partial charge on any atom is -0.399 e. The second-order valence-corrected chi connectivity index (χ2v) is 5.40. The van der Waals surface area contributed by atoms with Crippen molar-refractivity contribution >= 4 is 27.5 Å². The van der Waals surface area contributed by atoms with Gasteiger partial charge in [0.2, 0.25) is 0 Å². The molecule has 1 aromatic heterocycles. The lowest BCUT2D eigenvalue weighted by molar-refractivity contribution is 0.0950. The molecule has 3 N–H and O–H groups in total.